The summed E-state index contributed by atoms with van der Waals surface area (Å²) in [7, 11) is 1.91. The van der Waals surface area contributed by atoms with Crippen LogP contribution in [0.15, 0.2) is 47.2 Å². The molecule has 21 heavy (non-hydrogen) atoms. The molecule has 1 aromatic heterocycles. The molecule has 0 aliphatic rings. The normalized spacial score (nSPS) is 10.8. The van der Waals surface area contributed by atoms with Gasteiger partial charge in [0.2, 0.25) is 5.95 Å². The lowest BCUT2D eigenvalue weighted by Gasteiger charge is -2.17. The molecule has 6 heteroatoms. The maximum Gasteiger partial charge on any atom is 0.328 e. The van der Waals surface area contributed by atoms with Crippen molar-refractivity contribution in [3.8, 4) is 0 Å². The predicted octanol–water partition coefficient (Wildman–Crippen LogP) is 2.97. The highest BCUT2D eigenvalue weighted by molar-refractivity contribution is 9.10. The second-order valence-electron chi connectivity index (χ2n) is 4.47. The van der Waals surface area contributed by atoms with Crippen molar-refractivity contribution in [3.63, 3.8) is 0 Å². The monoisotopic (exact) mass is 347 g/mol. The second-order valence-corrected chi connectivity index (χ2v) is 5.39. The molecule has 0 amide bonds. The Hall–Kier alpha value is -2.21. The van der Waals surface area contributed by atoms with E-state index in [-0.39, 0.29) is 0 Å². The fourth-order valence-corrected chi connectivity index (χ4v) is 2.21. The predicted molar refractivity (Wildman–Crippen MR) is 85.0 cm³/mol. The molecule has 5 nitrogen and oxygen atoms in total. The van der Waals surface area contributed by atoms with E-state index in [4.69, 9.17) is 5.11 Å². The first-order chi connectivity index (χ1) is 10.0. The van der Waals surface area contributed by atoms with Gasteiger partial charge >= 0.3 is 5.97 Å². The second kappa shape index (κ2) is 6.99. The van der Waals surface area contributed by atoms with E-state index in [0.717, 1.165) is 16.1 Å². The van der Waals surface area contributed by atoms with E-state index >= 15 is 0 Å². The van der Waals surface area contributed by atoms with Crippen LogP contribution in [-0.4, -0.2) is 28.1 Å². The Balaban J connectivity index is 2.06. The molecule has 1 heterocycles. The molecule has 0 saturated heterocycles. The molecule has 0 aliphatic carbocycles. The largest absolute Gasteiger partial charge is 0.478 e. The summed E-state index contributed by atoms with van der Waals surface area (Å²) in [6.45, 7) is 0.684. The summed E-state index contributed by atoms with van der Waals surface area (Å²) in [6, 6.07) is 8.03. The zero-order chi connectivity index (χ0) is 15.2. The number of carboxylic acids is 1. The average Bonchev–Trinajstić information content (AvgIpc) is 2.45. The van der Waals surface area contributed by atoms with Gasteiger partial charge in [-0.3, -0.25) is 0 Å². The molecule has 1 aromatic carbocycles. The van der Waals surface area contributed by atoms with Crippen molar-refractivity contribution >= 4 is 33.9 Å². The summed E-state index contributed by atoms with van der Waals surface area (Å²) in [5, 5.41) is 8.56. The van der Waals surface area contributed by atoms with Crippen LogP contribution in [0.3, 0.4) is 0 Å². The van der Waals surface area contributed by atoms with Gasteiger partial charge in [-0.2, -0.15) is 0 Å². The summed E-state index contributed by atoms with van der Waals surface area (Å²) in [5.74, 6) is -0.409. The van der Waals surface area contributed by atoms with Crippen LogP contribution >= 0.6 is 15.9 Å². The van der Waals surface area contributed by atoms with Crippen LogP contribution in [0.4, 0.5) is 5.95 Å². The topological polar surface area (TPSA) is 66.3 Å². The molecule has 0 bridgehead atoms. The van der Waals surface area contributed by atoms with Gasteiger partial charge in [0, 0.05) is 42.1 Å². The molecule has 0 radical (unpaired) electrons. The minimum atomic E-state index is -0.995. The number of carboxylic acid groups (broad SMARTS) is 1. The number of aromatic nitrogens is 2. The Morgan fingerprint density at radius 1 is 1.38 bits per heavy atom. The quantitative estimate of drug-likeness (QED) is 0.842. The van der Waals surface area contributed by atoms with Crippen molar-refractivity contribution in [1.82, 2.24) is 9.97 Å². The molecule has 0 fully saturated rings. The Bertz CT molecular complexity index is 656. The van der Waals surface area contributed by atoms with E-state index < -0.39 is 5.97 Å². The van der Waals surface area contributed by atoms with Crippen LogP contribution in [0.5, 0.6) is 0 Å². The molecule has 0 spiro atoms. The Kier molecular flexibility index (Phi) is 5.05. The van der Waals surface area contributed by atoms with Gasteiger partial charge in [-0.15, -0.1) is 0 Å². The Morgan fingerprint density at radius 3 is 2.71 bits per heavy atom. The van der Waals surface area contributed by atoms with Gasteiger partial charge in [-0.25, -0.2) is 14.8 Å². The molecular formula is C15H14BrN3O2. The van der Waals surface area contributed by atoms with Crippen LogP contribution in [0.1, 0.15) is 11.1 Å². The van der Waals surface area contributed by atoms with Gasteiger partial charge < -0.3 is 10.0 Å². The highest BCUT2D eigenvalue weighted by Gasteiger charge is 2.05. The third-order valence-corrected chi connectivity index (χ3v) is 3.22. The number of hydrogen-bond acceptors (Lipinski definition) is 4. The number of hydrogen-bond donors (Lipinski definition) is 1. The minimum Gasteiger partial charge on any atom is -0.478 e. The van der Waals surface area contributed by atoms with E-state index in [1.165, 1.54) is 6.08 Å². The number of aliphatic carboxylic acids is 1. The standard InChI is InChI=1S/C15H14BrN3O2/c1-19(10-11-3-2-4-13(16)7-11)15-17-8-12(9-18-15)5-6-14(20)21/h2-9H,10H2,1H3,(H,20,21)/b6-5+. The van der Waals surface area contributed by atoms with Crippen molar-refractivity contribution in [2.24, 2.45) is 0 Å². The fourth-order valence-electron chi connectivity index (χ4n) is 1.76. The molecular weight excluding hydrogens is 334 g/mol. The van der Waals surface area contributed by atoms with E-state index in [0.29, 0.717) is 18.1 Å². The number of nitrogens with zero attached hydrogens (tertiary/aromatic N) is 3. The van der Waals surface area contributed by atoms with Crippen molar-refractivity contribution in [1.29, 1.82) is 0 Å². The first-order valence-corrected chi connectivity index (χ1v) is 7.02. The highest BCUT2D eigenvalue weighted by Crippen LogP contribution is 2.15. The van der Waals surface area contributed by atoms with Gasteiger partial charge in [-0.1, -0.05) is 28.1 Å². The van der Waals surface area contributed by atoms with E-state index in [1.54, 1.807) is 12.4 Å². The fraction of sp³-hybridized carbons (Fsp3) is 0.133. The molecule has 0 aliphatic heterocycles. The lowest BCUT2D eigenvalue weighted by atomic mass is 10.2. The summed E-state index contributed by atoms with van der Waals surface area (Å²) >= 11 is 3.44. The lowest BCUT2D eigenvalue weighted by molar-refractivity contribution is -0.131. The average molecular weight is 348 g/mol. The lowest BCUT2D eigenvalue weighted by Crippen LogP contribution is -2.18. The highest BCUT2D eigenvalue weighted by atomic mass is 79.9. The molecule has 1 N–H and O–H groups in total. The molecule has 0 unspecified atom stereocenters. The molecule has 2 rings (SSSR count). The summed E-state index contributed by atoms with van der Waals surface area (Å²) in [6.07, 6.45) is 5.71. The Labute approximate surface area is 131 Å². The van der Waals surface area contributed by atoms with Crippen LogP contribution in [0, 0.1) is 0 Å². The molecule has 0 saturated carbocycles. The first kappa shape index (κ1) is 15.2. The smallest absolute Gasteiger partial charge is 0.328 e. The maximum absolute atomic E-state index is 10.4. The van der Waals surface area contributed by atoms with Crippen LogP contribution in [0.25, 0.3) is 6.08 Å². The van der Waals surface area contributed by atoms with Crippen molar-refractivity contribution in [2.45, 2.75) is 6.54 Å². The van der Waals surface area contributed by atoms with Crippen LogP contribution in [0.2, 0.25) is 0 Å². The zero-order valence-corrected chi connectivity index (χ0v) is 13.0. The van der Waals surface area contributed by atoms with E-state index in [9.17, 15) is 4.79 Å². The van der Waals surface area contributed by atoms with Gasteiger partial charge in [0.25, 0.3) is 0 Å². The number of anilines is 1. The number of halogens is 1. The van der Waals surface area contributed by atoms with E-state index in [1.807, 2.05) is 36.2 Å². The zero-order valence-electron chi connectivity index (χ0n) is 11.4. The maximum atomic E-state index is 10.4. The van der Waals surface area contributed by atoms with Crippen LogP contribution in [-0.2, 0) is 11.3 Å². The van der Waals surface area contributed by atoms with Gasteiger partial charge in [0.15, 0.2) is 0 Å². The number of benzene rings is 1. The summed E-state index contributed by atoms with van der Waals surface area (Å²) in [4.78, 5) is 20.8. The van der Waals surface area contributed by atoms with Gasteiger partial charge in [-0.05, 0) is 23.8 Å². The summed E-state index contributed by atoms with van der Waals surface area (Å²) < 4.78 is 1.03. The number of rotatable bonds is 5. The van der Waals surface area contributed by atoms with Crippen LogP contribution < -0.4 is 4.90 Å². The first-order valence-electron chi connectivity index (χ1n) is 6.23. The third-order valence-electron chi connectivity index (χ3n) is 2.73. The summed E-state index contributed by atoms with van der Waals surface area (Å²) in [5.41, 5.74) is 1.79. The molecule has 108 valence electrons. The number of carbonyl (C=O) groups is 1. The van der Waals surface area contributed by atoms with Crippen molar-refractivity contribution < 1.29 is 9.90 Å². The third kappa shape index (κ3) is 4.68. The molecule has 0 atom stereocenters. The SMILES string of the molecule is CN(Cc1cccc(Br)c1)c1ncc(/C=C/C(=O)O)cn1. The van der Waals surface area contributed by atoms with Gasteiger partial charge in [0.05, 0.1) is 0 Å². The Morgan fingerprint density at radius 2 is 2.10 bits per heavy atom. The molecule has 2 aromatic rings. The van der Waals surface area contributed by atoms with E-state index in [2.05, 4.69) is 25.9 Å². The minimum absolute atomic E-state index is 0.586. The van der Waals surface area contributed by atoms with Crippen molar-refractivity contribution in [2.75, 3.05) is 11.9 Å². The van der Waals surface area contributed by atoms with Crippen molar-refractivity contribution in [3.05, 3.63) is 58.3 Å². The van der Waals surface area contributed by atoms with Gasteiger partial charge in [0.1, 0.15) is 0 Å².